The molecule has 0 radical (unpaired) electrons. The molecular weight excluding hydrogens is 373 g/mol. The quantitative estimate of drug-likeness (QED) is 0.646. The van der Waals surface area contributed by atoms with E-state index in [0.29, 0.717) is 27.3 Å². The van der Waals surface area contributed by atoms with Gasteiger partial charge in [-0.2, -0.15) is 0 Å². The number of piperidine rings is 1. The second kappa shape index (κ2) is 7.03. The van der Waals surface area contributed by atoms with E-state index < -0.39 is 0 Å². The average Bonchev–Trinajstić information content (AvgIpc) is 2.93. The summed E-state index contributed by atoms with van der Waals surface area (Å²) in [7, 11) is 0. The first-order chi connectivity index (χ1) is 12.0. The van der Waals surface area contributed by atoms with Crippen LogP contribution in [0.4, 0.5) is 0 Å². The lowest BCUT2D eigenvalue weighted by Crippen LogP contribution is -2.37. The van der Waals surface area contributed by atoms with Gasteiger partial charge in [-0.25, -0.2) is 0 Å². The number of halogens is 2. The molecule has 2 aromatic carbocycles. The van der Waals surface area contributed by atoms with Crippen molar-refractivity contribution in [1.29, 1.82) is 0 Å². The van der Waals surface area contributed by atoms with Gasteiger partial charge in [-0.1, -0.05) is 43.1 Å². The van der Waals surface area contributed by atoms with Crippen LogP contribution in [0.15, 0.2) is 35.2 Å². The molecule has 1 N–H and O–H groups in total. The molecule has 25 heavy (non-hydrogen) atoms. The summed E-state index contributed by atoms with van der Waals surface area (Å²) in [4.78, 5) is 1.21. The summed E-state index contributed by atoms with van der Waals surface area (Å²) in [5.74, 6) is 1.49. The molecule has 0 bridgehead atoms. The van der Waals surface area contributed by atoms with Gasteiger partial charge in [0.1, 0.15) is 11.9 Å². The third kappa shape index (κ3) is 3.40. The number of hydrogen-bond acceptors (Lipinski definition) is 3. The number of hydrogen-bond donors (Lipinski definition) is 1. The fraction of sp³-hybridized carbons (Fsp3) is 0.400. The van der Waals surface area contributed by atoms with Crippen molar-refractivity contribution >= 4 is 35.0 Å². The van der Waals surface area contributed by atoms with Crippen LogP contribution in [0.1, 0.15) is 31.7 Å². The van der Waals surface area contributed by atoms with Gasteiger partial charge in [0, 0.05) is 38.9 Å². The van der Waals surface area contributed by atoms with Gasteiger partial charge >= 0.3 is 0 Å². The third-order valence-corrected chi connectivity index (χ3v) is 6.35. The van der Waals surface area contributed by atoms with Gasteiger partial charge in [0.05, 0.1) is 4.90 Å². The van der Waals surface area contributed by atoms with Crippen molar-refractivity contribution < 1.29 is 4.74 Å². The summed E-state index contributed by atoms with van der Waals surface area (Å²) < 4.78 is 6.37. The van der Waals surface area contributed by atoms with E-state index in [1.54, 1.807) is 0 Å². The Kier molecular flexibility index (Phi) is 4.93. The molecule has 2 aromatic rings. The van der Waals surface area contributed by atoms with Crippen molar-refractivity contribution in [3.05, 3.63) is 45.9 Å². The van der Waals surface area contributed by atoms with E-state index in [-0.39, 0.29) is 0 Å². The van der Waals surface area contributed by atoms with Gasteiger partial charge in [-0.05, 0) is 42.8 Å². The molecule has 0 spiro atoms. The summed E-state index contributed by atoms with van der Waals surface area (Å²) in [5, 5.41) is 5.34. The fourth-order valence-electron chi connectivity index (χ4n) is 3.68. The first kappa shape index (κ1) is 17.5. The topological polar surface area (TPSA) is 21.3 Å². The van der Waals surface area contributed by atoms with E-state index in [9.17, 15) is 0 Å². The summed E-state index contributed by atoms with van der Waals surface area (Å²) in [5.41, 5.74) is 3.47. The van der Waals surface area contributed by atoms with Gasteiger partial charge in [0.2, 0.25) is 0 Å². The van der Waals surface area contributed by atoms with Crippen LogP contribution in [0.2, 0.25) is 10.0 Å². The number of benzene rings is 2. The molecular formula is C20H21Cl2NOS. The smallest absolute Gasteiger partial charge is 0.137 e. The second-order valence-electron chi connectivity index (χ2n) is 6.94. The van der Waals surface area contributed by atoms with Gasteiger partial charge in [-0.3, -0.25) is 0 Å². The van der Waals surface area contributed by atoms with E-state index >= 15 is 0 Å². The minimum absolute atomic E-state index is 0.290. The molecule has 0 aromatic heterocycles. The number of thioether (sulfide) groups is 1. The molecule has 2 unspecified atom stereocenters. The molecule has 2 aliphatic heterocycles. The van der Waals surface area contributed by atoms with E-state index in [0.717, 1.165) is 36.4 Å². The van der Waals surface area contributed by atoms with E-state index in [1.807, 2.05) is 30.0 Å². The van der Waals surface area contributed by atoms with Crippen molar-refractivity contribution in [1.82, 2.24) is 5.32 Å². The number of ether oxygens (including phenoxy) is 1. The van der Waals surface area contributed by atoms with Crippen LogP contribution in [-0.4, -0.2) is 24.4 Å². The highest BCUT2D eigenvalue weighted by atomic mass is 35.5. The largest absolute Gasteiger partial charge is 0.488 e. The first-order valence-corrected chi connectivity index (χ1v) is 10.3. The van der Waals surface area contributed by atoms with Crippen LogP contribution in [-0.2, 0) is 0 Å². The van der Waals surface area contributed by atoms with Gasteiger partial charge in [0.25, 0.3) is 0 Å². The van der Waals surface area contributed by atoms with Crippen molar-refractivity contribution in [2.75, 3.05) is 13.1 Å². The minimum atomic E-state index is 0.290. The number of rotatable bonds is 3. The minimum Gasteiger partial charge on any atom is -0.488 e. The van der Waals surface area contributed by atoms with Crippen LogP contribution in [0.25, 0.3) is 11.1 Å². The Hall–Kier alpha value is -0.870. The summed E-state index contributed by atoms with van der Waals surface area (Å²) >= 11 is 14.4. The Labute approximate surface area is 163 Å². The van der Waals surface area contributed by atoms with Crippen molar-refractivity contribution in [3.8, 4) is 16.9 Å². The molecule has 0 saturated carbocycles. The zero-order chi connectivity index (χ0) is 17.6. The summed E-state index contributed by atoms with van der Waals surface area (Å²) in [6.07, 6.45) is 1.35. The highest BCUT2D eigenvalue weighted by Gasteiger charge is 2.38. The average molecular weight is 394 g/mol. The normalized spacial score (nSPS) is 21.8. The maximum Gasteiger partial charge on any atom is 0.137 e. The van der Waals surface area contributed by atoms with Crippen LogP contribution >= 0.6 is 35.0 Å². The maximum atomic E-state index is 6.48. The highest BCUT2D eigenvalue weighted by molar-refractivity contribution is 8.00. The van der Waals surface area contributed by atoms with Crippen molar-refractivity contribution in [3.63, 3.8) is 0 Å². The van der Waals surface area contributed by atoms with Crippen LogP contribution in [0, 0.1) is 0 Å². The van der Waals surface area contributed by atoms with Gasteiger partial charge in [0.15, 0.2) is 0 Å². The first-order valence-electron chi connectivity index (χ1n) is 8.70. The molecule has 0 amide bonds. The highest BCUT2D eigenvalue weighted by Crippen LogP contribution is 2.49. The maximum absolute atomic E-state index is 6.48. The molecule has 2 nitrogen and oxygen atoms in total. The van der Waals surface area contributed by atoms with Gasteiger partial charge < -0.3 is 10.1 Å². The Morgan fingerprint density at radius 1 is 1.20 bits per heavy atom. The van der Waals surface area contributed by atoms with Crippen molar-refractivity contribution in [2.24, 2.45) is 0 Å². The SMILES string of the molecule is CC(C)Sc1cc(-c2ccc(Cl)cc2Cl)cc2c1OC1CCNCC21. The fourth-order valence-corrected chi connectivity index (χ4v) is 5.18. The lowest BCUT2D eigenvalue weighted by Gasteiger charge is -2.24. The zero-order valence-electron chi connectivity index (χ0n) is 14.3. The van der Waals surface area contributed by atoms with Crippen LogP contribution in [0.3, 0.4) is 0 Å². The molecule has 0 aliphatic carbocycles. The van der Waals surface area contributed by atoms with Gasteiger partial charge in [-0.15, -0.1) is 11.8 Å². The van der Waals surface area contributed by atoms with Crippen LogP contribution < -0.4 is 10.1 Å². The van der Waals surface area contributed by atoms with E-state index in [2.05, 4.69) is 31.3 Å². The standard InChI is InChI=1S/C20H21Cl2NOS/c1-11(2)25-19-8-12(14-4-3-13(21)9-17(14)22)7-15-16-10-23-6-5-18(16)24-20(15)19/h3-4,7-9,11,16,18,23H,5-6,10H2,1-2H3. The molecule has 2 aliphatic rings. The Morgan fingerprint density at radius 2 is 2.04 bits per heavy atom. The number of fused-ring (bicyclic) bond motifs is 3. The molecule has 2 heterocycles. The molecule has 4 rings (SSSR count). The predicted molar refractivity (Wildman–Crippen MR) is 108 cm³/mol. The Morgan fingerprint density at radius 3 is 2.80 bits per heavy atom. The van der Waals surface area contributed by atoms with Crippen molar-refractivity contribution in [2.45, 2.75) is 42.4 Å². The monoisotopic (exact) mass is 393 g/mol. The Balaban J connectivity index is 1.84. The molecule has 132 valence electrons. The zero-order valence-corrected chi connectivity index (χ0v) is 16.6. The van der Waals surface area contributed by atoms with Crippen LogP contribution in [0.5, 0.6) is 5.75 Å². The molecule has 5 heteroatoms. The lowest BCUT2D eigenvalue weighted by molar-refractivity contribution is 0.169. The van der Waals surface area contributed by atoms with E-state index in [1.165, 1.54) is 10.5 Å². The van der Waals surface area contributed by atoms with E-state index in [4.69, 9.17) is 27.9 Å². The molecule has 2 atom stereocenters. The molecule has 1 saturated heterocycles. The predicted octanol–water partition coefficient (Wildman–Crippen LogP) is 6.00. The molecule has 1 fully saturated rings. The third-order valence-electron chi connectivity index (χ3n) is 4.78. The number of nitrogens with one attached hydrogen (secondary N) is 1. The summed E-state index contributed by atoms with van der Waals surface area (Å²) in [6, 6.07) is 10.2. The second-order valence-corrected chi connectivity index (χ2v) is 9.40. The summed E-state index contributed by atoms with van der Waals surface area (Å²) in [6.45, 7) is 6.42. The lowest BCUT2D eigenvalue weighted by atomic mass is 9.89. The Bertz CT molecular complexity index is 809.